The molecule has 3 nitrogen and oxygen atoms in total. The van der Waals surface area contributed by atoms with Crippen LogP contribution in [0.3, 0.4) is 0 Å². The van der Waals surface area contributed by atoms with Gasteiger partial charge in [0.1, 0.15) is 17.2 Å². The maximum Gasteiger partial charge on any atom is 0.133 e. The van der Waals surface area contributed by atoms with Crippen LogP contribution in [0.2, 0.25) is 0 Å². The van der Waals surface area contributed by atoms with Crippen LogP contribution < -0.4 is 9.47 Å². The van der Waals surface area contributed by atoms with Crippen molar-refractivity contribution in [2.24, 2.45) is 0 Å². The molecule has 35 heavy (non-hydrogen) atoms. The van der Waals surface area contributed by atoms with E-state index in [1.54, 1.807) is 11.8 Å². The average Bonchev–Trinajstić information content (AvgIpc) is 2.86. The highest BCUT2D eigenvalue weighted by Crippen LogP contribution is 2.38. The Hall–Kier alpha value is -3.21. The second kappa shape index (κ2) is 12.0. The van der Waals surface area contributed by atoms with Crippen LogP contribution >= 0.6 is 11.8 Å². The summed E-state index contributed by atoms with van der Waals surface area (Å²) in [6.07, 6.45) is 0. The molecule has 0 spiro atoms. The zero-order chi connectivity index (χ0) is 24.5. The highest BCUT2D eigenvalue weighted by Gasteiger charge is 2.23. The summed E-state index contributed by atoms with van der Waals surface area (Å²) in [6.45, 7) is 8.21. The molecule has 0 saturated heterocycles. The Balaban J connectivity index is 1.41. The van der Waals surface area contributed by atoms with E-state index in [9.17, 15) is 0 Å². The molecule has 0 unspecified atom stereocenters. The van der Waals surface area contributed by atoms with Gasteiger partial charge in [-0.1, -0.05) is 80.2 Å². The molecule has 4 aromatic carbocycles. The van der Waals surface area contributed by atoms with Crippen molar-refractivity contribution in [1.29, 1.82) is 0 Å². The first kappa shape index (κ1) is 24.9. The quantitative estimate of drug-likeness (QED) is 0.213. The Morgan fingerprint density at radius 2 is 1.46 bits per heavy atom. The molecule has 0 N–H and O–H groups in total. The second-order valence-corrected chi connectivity index (χ2v) is 10.1. The van der Waals surface area contributed by atoms with E-state index >= 15 is 0 Å². The number of rotatable bonds is 11. The van der Waals surface area contributed by atoms with E-state index in [1.165, 1.54) is 10.5 Å². The van der Waals surface area contributed by atoms with Crippen LogP contribution in [-0.2, 0) is 16.8 Å². The predicted octanol–water partition coefficient (Wildman–Crippen LogP) is 8.52. The fourth-order valence-corrected chi connectivity index (χ4v) is 4.69. The smallest absolute Gasteiger partial charge is 0.133 e. The van der Waals surface area contributed by atoms with Crippen LogP contribution in [0, 0.1) is 0 Å². The Morgan fingerprint density at radius 3 is 2.20 bits per heavy atom. The Kier molecular flexibility index (Phi) is 8.51. The molecule has 0 atom stereocenters. The molecule has 0 bridgehead atoms. The largest absolute Gasteiger partial charge is 0.493 e. The first-order valence-corrected chi connectivity index (χ1v) is 12.7. The van der Waals surface area contributed by atoms with Gasteiger partial charge in [-0.2, -0.15) is 0 Å². The number of hydrogen-bond donors (Lipinski definition) is 0. The molecule has 0 radical (unpaired) electrons. The summed E-state index contributed by atoms with van der Waals surface area (Å²) < 4.78 is 18.1. The lowest BCUT2D eigenvalue weighted by Crippen LogP contribution is -2.24. The summed E-state index contributed by atoms with van der Waals surface area (Å²) in [7, 11) is 0. The van der Waals surface area contributed by atoms with E-state index in [0.29, 0.717) is 19.8 Å². The van der Waals surface area contributed by atoms with Crippen molar-refractivity contribution >= 4 is 11.8 Å². The van der Waals surface area contributed by atoms with Crippen molar-refractivity contribution in [2.75, 3.05) is 13.2 Å². The highest BCUT2D eigenvalue weighted by molar-refractivity contribution is 7.99. The van der Waals surface area contributed by atoms with Gasteiger partial charge >= 0.3 is 0 Å². The van der Waals surface area contributed by atoms with E-state index < -0.39 is 0 Å². The van der Waals surface area contributed by atoms with Crippen molar-refractivity contribution in [3.63, 3.8) is 0 Å². The van der Waals surface area contributed by atoms with Gasteiger partial charge in [-0.25, -0.2) is 0 Å². The van der Waals surface area contributed by atoms with Crippen molar-refractivity contribution in [3.05, 3.63) is 114 Å². The summed E-state index contributed by atoms with van der Waals surface area (Å²) >= 11 is 1.73. The minimum absolute atomic E-state index is 0.158. The lowest BCUT2D eigenvalue weighted by atomic mass is 9.85. The van der Waals surface area contributed by atoms with Gasteiger partial charge in [-0.3, -0.25) is 0 Å². The van der Waals surface area contributed by atoms with Crippen molar-refractivity contribution in [3.8, 4) is 17.2 Å². The molecule has 0 aliphatic carbocycles. The van der Waals surface area contributed by atoms with Gasteiger partial charge in [0.2, 0.25) is 0 Å². The molecule has 0 aliphatic rings. The summed E-state index contributed by atoms with van der Waals surface area (Å²) in [5.74, 6) is 2.55. The minimum Gasteiger partial charge on any atom is -0.493 e. The maximum atomic E-state index is 6.19. The van der Waals surface area contributed by atoms with E-state index in [2.05, 4.69) is 62.4 Å². The third-order valence-corrected chi connectivity index (χ3v) is 6.65. The standard InChI is InChI=1S/C31H32O3S/c1-4-33-29-19-18-25(21-30(29)35-28-16-9-6-10-17-28)31(2,3)23-32-22-24-12-11-15-27(20-24)34-26-13-7-5-8-14-26/h5-21H,4,22-23H2,1-3H3. The lowest BCUT2D eigenvalue weighted by Gasteiger charge is -2.26. The minimum atomic E-state index is -0.158. The summed E-state index contributed by atoms with van der Waals surface area (Å²) in [6, 6.07) is 34.7. The van der Waals surface area contributed by atoms with Gasteiger partial charge in [-0.15, -0.1) is 0 Å². The predicted molar refractivity (Wildman–Crippen MR) is 144 cm³/mol. The van der Waals surface area contributed by atoms with Crippen molar-refractivity contribution < 1.29 is 14.2 Å². The van der Waals surface area contributed by atoms with E-state index in [0.717, 1.165) is 27.7 Å². The molecule has 0 fully saturated rings. The normalized spacial score (nSPS) is 11.3. The average molecular weight is 485 g/mol. The molecule has 180 valence electrons. The van der Waals surface area contributed by atoms with Crippen LogP contribution in [0.5, 0.6) is 17.2 Å². The molecular weight excluding hydrogens is 452 g/mol. The first-order valence-electron chi connectivity index (χ1n) is 11.9. The van der Waals surface area contributed by atoms with Gasteiger partial charge in [0.15, 0.2) is 0 Å². The molecule has 4 aromatic rings. The number of para-hydroxylation sites is 1. The zero-order valence-corrected chi connectivity index (χ0v) is 21.4. The van der Waals surface area contributed by atoms with Gasteiger partial charge < -0.3 is 14.2 Å². The molecule has 4 heteroatoms. The lowest BCUT2D eigenvalue weighted by molar-refractivity contribution is 0.0823. The summed E-state index contributed by atoms with van der Waals surface area (Å²) in [5.41, 5.74) is 2.15. The molecule has 0 saturated carbocycles. The summed E-state index contributed by atoms with van der Waals surface area (Å²) in [5, 5.41) is 0. The van der Waals surface area contributed by atoms with Crippen LogP contribution in [0.4, 0.5) is 0 Å². The Labute approximate surface area is 213 Å². The van der Waals surface area contributed by atoms with Crippen molar-refractivity contribution in [2.45, 2.75) is 42.6 Å². The molecule has 4 rings (SSSR count). The fraction of sp³-hybridized carbons (Fsp3) is 0.226. The van der Waals surface area contributed by atoms with Crippen LogP contribution in [0.25, 0.3) is 0 Å². The zero-order valence-electron chi connectivity index (χ0n) is 20.6. The molecule has 0 aliphatic heterocycles. The van der Waals surface area contributed by atoms with E-state index in [-0.39, 0.29) is 5.41 Å². The molecule has 0 aromatic heterocycles. The third kappa shape index (κ3) is 7.14. The SMILES string of the molecule is CCOc1ccc(C(C)(C)COCc2cccc(Oc3ccccc3)c2)cc1Sc1ccccc1. The Bertz CT molecular complexity index is 1210. The van der Waals surface area contributed by atoms with Crippen LogP contribution in [-0.4, -0.2) is 13.2 Å². The van der Waals surface area contributed by atoms with E-state index in [1.807, 2.05) is 61.5 Å². The van der Waals surface area contributed by atoms with Crippen LogP contribution in [0.15, 0.2) is 113 Å². The molecule has 0 amide bonds. The van der Waals surface area contributed by atoms with Gasteiger partial charge in [0.25, 0.3) is 0 Å². The fourth-order valence-electron chi connectivity index (χ4n) is 3.73. The third-order valence-electron chi connectivity index (χ3n) is 5.61. The first-order chi connectivity index (χ1) is 17.0. The highest BCUT2D eigenvalue weighted by atomic mass is 32.2. The number of ether oxygens (including phenoxy) is 3. The van der Waals surface area contributed by atoms with Crippen molar-refractivity contribution in [1.82, 2.24) is 0 Å². The topological polar surface area (TPSA) is 27.7 Å². The molecular formula is C31H32O3S. The maximum absolute atomic E-state index is 6.19. The van der Waals surface area contributed by atoms with E-state index in [4.69, 9.17) is 14.2 Å². The molecule has 0 heterocycles. The second-order valence-electron chi connectivity index (χ2n) is 8.95. The van der Waals surface area contributed by atoms with Crippen LogP contribution in [0.1, 0.15) is 31.9 Å². The number of hydrogen-bond acceptors (Lipinski definition) is 4. The summed E-state index contributed by atoms with van der Waals surface area (Å²) in [4.78, 5) is 2.31. The monoisotopic (exact) mass is 484 g/mol. The van der Waals surface area contributed by atoms with Gasteiger partial charge in [0.05, 0.1) is 24.7 Å². The Morgan fingerprint density at radius 1 is 0.743 bits per heavy atom. The van der Waals surface area contributed by atoms with Gasteiger partial charge in [-0.05, 0) is 66.6 Å². The number of benzene rings is 4. The van der Waals surface area contributed by atoms with Gasteiger partial charge in [0, 0.05) is 10.3 Å².